The zero-order chi connectivity index (χ0) is 24.3. The van der Waals surface area contributed by atoms with E-state index in [0.717, 1.165) is 11.1 Å². The zero-order valence-corrected chi connectivity index (χ0v) is 19.5. The molecule has 0 unspecified atom stereocenters. The quantitative estimate of drug-likeness (QED) is 0.365. The monoisotopic (exact) mass is 468 g/mol. The minimum absolute atomic E-state index is 0.00793. The normalized spacial score (nSPS) is 15.9. The maximum atomic E-state index is 13.3. The SMILES string of the molecule is CCOc1cc(/C=C2\C(=O)NC(=S)N(c3cc(C)cc(C)c3)C2=O)ccc1O[C@H](C)C(=O)O. The molecule has 2 amide bonds. The number of carbonyl (C=O) groups excluding carboxylic acids is 2. The van der Waals surface area contributed by atoms with Gasteiger partial charge in [-0.3, -0.25) is 19.8 Å². The molecule has 2 N–H and O–H groups in total. The number of hydrogen-bond donors (Lipinski definition) is 2. The van der Waals surface area contributed by atoms with E-state index in [1.165, 1.54) is 24.0 Å². The van der Waals surface area contributed by atoms with Crippen LogP contribution in [0.1, 0.15) is 30.5 Å². The van der Waals surface area contributed by atoms with Crippen molar-refractivity contribution in [3.63, 3.8) is 0 Å². The van der Waals surface area contributed by atoms with Crippen molar-refractivity contribution >= 4 is 46.9 Å². The third kappa shape index (κ3) is 5.38. The van der Waals surface area contributed by atoms with E-state index in [2.05, 4.69) is 5.32 Å². The molecular weight excluding hydrogens is 444 g/mol. The molecule has 1 aliphatic heterocycles. The van der Waals surface area contributed by atoms with Crippen molar-refractivity contribution in [2.75, 3.05) is 11.5 Å². The molecule has 1 atom stereocenters. The highest BCUT2D eigenvalue weighted by Crippen LogP contribution is 2.31. The van der Waals surface area contributed by atoms with Crippen LogP contribution in [-0.4, -0.2) is 40.7 Å². The Bertz CT molecular complexity index is 1150. The van der Waals surface area contributed by atoms with E-state index in [1.54, 1.807) is 19.1 Å². The van der Waals surface area contributed by atoms with Crippen LogP contribution in [0.5, 0.6) is 11.5 Å². The smallest absolute Gasteiger partial charge is 0.344 e. The Morgan fingerprint density at radius 2 is 1.82 bits per heavy atom. The van der Waals surface area contributed by atoms with E-state index in [9.17, 15) is 14.4 Å². The van der Waals surface area contributed by atoms with Gasteiger partial charge in [0.15, 0.2) is 22.7 Å². The molecular formula is C24H24N2O6S. The topological polar surface area (TPSA) is 105 Å². The number of nitrogens with one attached hydrogen (secondary N) is 1. The molecule has 2 aromatic carbocycles. The molecule has 0 spiro atoms. The van der Waals surface area contributed by atoms with Crippen LogP contribution in [0.2, 0.25) is 0 Å². The first-order valence-corrected chi connectivity index (χ1v) is 10.7. The Kier molecular flexibility index (Phi) is 7.13. The van der Waals surface area contributed by atoms with Crippen molar-refractivity contribution < 1.29 is 29.0 Å². The predicted octanol–water partition coefficient (Wildman–Crippen LogP) is 3.39. The van der Waals surface area contributed by atoms with Crippen LogP contribution in [0.25, 0.3) is 6.08 Å². The number of aryl methyl sites for hydroxylation is 2. The average molecular weight is 469 g/mol. The maximum Gasteiger partial charge on any atom is 0.344 e. The molecule has 0 radical (unpaired) electrons. The van der Waals surface area contributed by atoms with E-state index in [0.29, 0.717) is 23.6 Å². The molecule has 1 heterocycles. The van der Waals surface area contributed by atoms with Gasteiger partial charge < -0.3 is 14.6 Å². The van der Waals surface area contributed by atoms with E-state index in [-0.39, 0.29) is 16.4 Å². The molecule has 9 heteroatoms. The van der Waals surface area contributed by atoms with E-state index in [4.69, 9.17) is 26.8 Å². The van der Waals surface area contributed by atoms with Gasteiger partial charge in [0.2, 0.25) is 0 Å². The first-order valence-electron chi connectivity index (χ1n) is 10.3. The number of nitrogens with zero attached hydrogens (tertiary/aromatic N) is 1. The Balaban J connectivity index is 1.99. The third-order valence-corrected chi connectivity index (χ3v) is 5.08. The van der Waals surface area contributed by atoms with Crippen LogP contribution >= 0.6 is 12.2 Å². The minimum atomic E-state index is -1.12. The number of carboxylic acids is 1. The van der Waals surface area contributed by atoms with Crippen LogP contribution in [0, 0.1) is 13.8 Å². The molecule has 0 bridgehead atoms. The summed E-state index contributed by atoms with van der Waals surface area (Å²) in [7, 11) is 0. The summed E-state index contributed by atoms with van der Waals surface area (Å²) in [5.74, 6) is -1.73. The van der Waals surface area contributed by atoms with Gasteiger partial charge in [-0.2, -0.15) is 0 Å². The molecule has 0 aliphatic carbocycles. The second kappa shape index (κ2) is 9.83. The van der Waals surface area contributed by atoms with Crippen LogP contribution < -0.4 is 19.7 Å². The van der Waals surface area contributed by atoms with Crippen molar-refractivity contribution in [1.29, 1.82) is 0 Å². The van der Waals surface area contributed by atoms with Crippen molar-refractivity contribution in [3.05, 3.63) is 58.7 Å². The fraction of sp³-hybridized carbons (Fsp3) is 0.250. The highest BCUT2D eigenvalue weighted by atomic mass is 32.1. The Hall–Kier alpha value is -3.72. The van der Waals surface area contributed by atoms with Gasteiger partial charge in [0.1, 0.15) is 5.57 Å². The van der Waals surface area contributed by atoms with Gasteiger partial charge in [-0.25, -0.2) is 4.79 Å². The van der Waals surface area contributed by atoms with Crippen molar-refractivity contribution in [2.24, 2.45) is 0 Å². The summed E-state index contributed by atoms with van der Waals surface area (Å²) in [4.78, 5) is 38.3. The molecule has 1 fully saturated rings. The first-order chi connectivity index (χ1) is 15.6. The third-order valence-electron chi connectivity index (χ3n) is 4.80. The van der Waals surface area contributed by atoms with Gasteiger partial charge in [0.25, 0.3) is 11.8 Å². The highest BCUT2D eigenvalue weighted by molar-refractivity contribution is 7.80. The highest BCUT2D eigenvalue weighted by Gasteiger charge is 2.34. The Morgan fingerprint density at radius 3 is 2.42 bits per heavy atom. The fourth-order valence-electron chi connectivity index (χ4n) is 3.36. The summed E-state index contributed by atoms with van der Waals surface area (Å²) in [6, 6.07) is 10.3. The number of amides is 2. The first kappa shape index (κ1) is 23.9. The van der Waals surface area contributed by atoms with Crippen molar-refractivity contribution in [3.8, 4) is 11.5 Å². The Morgan fingerprint density at radius 1 is 1.15 bits per heavy atom. The standard InChI is InChI=1S/C24H24N2O6S/c1-5-31-20-12-16(6-7-19(20)32-15(4)23(29)30)11-18-21(27)25-24(33)26(22(18)28)17-9-13(2)8-14(3)10-17/h6-12,15H,5H2,1-4H3,(H,29,30)(H,25,27,33)/b18-11+/t15-/m1/s1. The number of carbonyl (C=O) groups is 3. The van der Waals surface area contributed by atoms with Gasteiger partial charge >= 0.3 is 5.97 Å². The molecule has 2 aromatic rings. The summed E-state index contributed by atoms with van der Waals surface area (Å²) in [5.41, 5.74) is 2.87. The van der Waals surface area contributed by atoms with E-state index >= 15 is 0 Å². The van der Waals surface area contributed by atoms with E-state index in [1.807, 2.05) is 32.0 Å². The number of benzene rings is 2. The van der Waals surface area contributed by atoms with E-state index < -0.39 is 23.9 Å². The number of ether oxygens (including phenoxy) is 2. The lowest BCUT2D eigenvalue weighted by molar-refractivity contribution is -0.144. The Labute approximate surface area is 196 Å². The van der Waals surface area contributed by atoms with Crippen LogP contribution in [0.3, 0.4) is 0 Å². The minimum Gasteiger partial charge on any atom is -0.490 e. The maximum absolute atomic E-state index is 13.3. The van der Waals surface area contributed by atoms with Crippen LogP contribution in [0.4, 0.5) is 5.69 Å². The number of hydrogen-bond acceptors (Lipinski definition) is 6. The lowest BCUT2D eigenvalue weighted by Gasteiger charge is -2.29. The molecule has 0 aromatic heterocycles. The summed E-state index contributed by atoms with van der Waals surface area (Å²) >= 11 is 5.26. The van der Waals surface area contributed by atoms with Crippen LogP contribution in [-0.2, 0) is 14.4 Å². The molecule has 1 aliphatic rings. The average Bonchev–Trinajstić information content (AvgIpc) is 2.72. The molecule has 3 rings (SSSR count). The fourth-order valence-corrected chi connectivity index (χ4v) is 3.64. The van der Waals surface area contributed by atoms with Crippen molar-refractivity contribution in [1.82, 2.24) is 5.32 Å². The lowest BCUT2D eigenvalue weighted by atomic mass is 10.1. The number of aliphatic carboxylic acids is 1. The van der Waals surface area contributed by atoms with Crippen molar-refractivity contribution in [2.45, 2.75) is 33.8 Å². The van der Waals surface area contributed by atoms with Gasteiger partial charge in [0.05, 0.1) is 12.3 Å². The lowest BCUT2D eigenvalue weighted by Crippen LogP contribution is -2.54. The molecule has 1 saturated heterocycles. The van der Waals surface area contributed by atoms with Gasteiger partial charge in [0, 0.05) is 0 Å². The summed E-state index contributed by atoms with van der Waals surface area (Å²) in [6.45, 7) is 7.31. The number of anilines is 1. The van der Waals surface area contributed by atoms with Gasteiger partial charge in [-0.1, -0.05) is 12.1 Å². The molecule has 33 heavy (non-hydrogen) atoms. The number of thiocarbonyl (C=S) groups is 1. The largest absolute Gasteiger partial charge is 0.490 e. The van der Waals surface area contributed by atoms with Gasteiger partial charge in [-0.15, -0.1) is 0 Å². The molecule has 172 valence electrons. The predicted molar refractivity (Wildman–Crippen MR) is 127 cm³/mol. The molecule has 0 saturated carbocycles. The zero-order valence-electron chi connectivity index (χ0n) is 18.7. The second-order valence-corrected chi connectivity index (χ2v) is 7.93. The summed E-state index contributed by atoms with van der Waals surface area (Å²) in [5, 5.41) is 11.7. The number of carboxylic acid groups (broad SMARTS) is 1. The number of rotatable bonds is 7. The summed E-state index contributed by atoms with van der Waals surface area (Å²) < 4.78 is 11.0. The second-order valence-electron chi connectivity index (χ2n) is 7.54. The molecule has 8 nitrogen and oxygen atoms in total. The van der Waals surface area contributed by atoms with Crippen LogP contribution in [0.15, 0.2) is 42.0 Å². The summed E-state index contributed by atoms with van der Waals surface area (Å²) in [6.07, 6.45) is 0.355. The van der Waals surface area contributed by atoms with Gasteiger partial charge in [-0.05, 0) is 86.9 Å².